The summed E-state index contributed by atoms with van der Waals surface area (Å²) in [6.45, 7) is 12.9. The third kappa shape index (κ3) is 3.74. The summed E-state index contributed by atoms with van der Waals surface area (Å²) in [4.78, 5) is 0. The van der Waals surface area contributed by atoms with Crippen molar-refractivity contribution in [2.75, 3.05) is 6.26 Å². The third-order valence-corrected chi connectivity index (χ3v) is 5.19. The Hall–Kier alpha value is -1.59. The number of rotatable bonds is 3. The van der Waals surface area contributed by atoms with Gasteiger partial charge in [0.15, 0.2) is 0 Å². The van der Waals surface area contributed by atoms with Gasteiger partial charge >= 0.3 is 5.16 Å². The highest BCUT2D eigenvalue weighted by Crippen LogP contribution is 2.23. The van der Waals surface area contributed by atoms with Gasteiger partial charge in [0.25, 0.3) is 0 Å². The van der Waals surface area contributed by atoms with Crippen LogP contribution in [0.2, 0.25) is 0 Å². The van der Waals surface area contributed by atoms with Gasteiger partial charge in [-0.15, -0.1) is 0 Å². The lowest BCUT2D eigenvalue weighted by atomic mass is 10.1. The summed E-state index contributed by atoms with van der Waals surface area (Å²) in [6.07, 6.45) is 4.19. The van der Waals surface area contributed by atoms with Crippen molar-refractivity contribution in [1.29, 1.82) is 0 Å². The van der Waals surface area contributed by atoms with Crippen molar-refractivity contribution in [3.8, 4) is 11.4 Å². The first-order chi connectivity index (χ1) is 11.8. The summed E-state index contributed by atoms with van der Waals surface area (Å²) in [5.41, 5.74) is 10.0. The minimum absolute atomic E-state index is 0. The molecule has 0 atom stereocenters. The number of aromatic nitrogens is 3. The Bertz CT molecular complexity index is 914. The molecule has 138 valence electrons. The summed E-state index contributed by atoms with van der Waals surface area (Å²) in [6, 6.07) is 8.91. The van der Waals surface area contributed by atoms with Crippen LogP contribution in [-0.2, 0) is 0 Å². The lowest BCUT2D eigenvalue weighted by Gasteiger charge is -2.09. The molecule has 26 heavy (non-hydrogen) atoms. The Kier molecular flexibility index (Phi) is 6.35. The van der Waals surface area contributed by atoms with Crippen LogP contribution in [0, 0.1) is 41.5 Å². The minimum atomic E-state index is 0. The second kappa shape index (κ2) is 7.97. The van der Waals surface area contributed by atoms with Gasteiger partial charge in [-0.3, -0.25) is 0 Å². The Morgan fingerprint density at radius 1 is 0.808 bits per heavy atom. The topological polar surface area (TPSA) is 21.7 Å². The fourth-order valence-corrected chi connectivity index (χ4v) is 4.32. The van der Waals surface area contributed by atoms with Crippen LogP contribution >= 0.6 is 11.8 Å². The molecule has 0 saturated heterocycles. The third-order valence-electron chi connectivity index (χ3n) is 4.55. The number of aryl methyl sites for hydroxylation is 6. The second-order valence-electron chi connectivity index (χ2n) is 6.91. The summed E-state index contributed by atoms with van der Waals surface area (Å²) >= 11 is 1.67. The molecule has 0 bridgehead atoms. The number of benzene rings is 2. The van der Waals surface area contributed by atoms with Gasteiger partial charge in [-0.05, 0) is 70.1 Å². The summed E-state index contributed by atoms with van der Waals surface area (Å²) in [7, 11) is 0. The van der Waals surface area contributed by atoms with E-state index in [2.05, 4.69) is 83.0 Å². The van der Waals surface area contributed by atoms with Crippen LogP contribution in [0.15, 0.2) is 35.7 Å². The molecule has 0 saturated carbocycles. The highest BCUT2D eigenvalue weighted by molar-refractivity contribution is 7.98. The zero-order chi connectivity index (χ0) is 18.3. The molecule has 0 aliphatic rings. The molecule has 0 N–H and O–H groups in total. The first-order valence-corrected chi connectivity index (χ1v) is 9.76. The number of halogens is 1. The van der Waals surface area contributed by atoms with E-state index in [-0.39, 0.29) is 17.0 Å². The maximum absolute atomic E-state index is 4.87. The van der Waals surface area contributed by atoms with Gasteiger partial charge in [0, 0.05) is 0 Å². The van der Waals surface area contributed by atoms with Crippen molar-refractivity contribution >= 4 is 11.8 Å². The van der Waals surface area contributed by atoms with Gasteiger partial charge in [0.1, 0.15) is 11.4 Å². The molecule has 1 aromatic heterocycles. The first-order valence-electron chi connectivity index (χ1n) is 8.53. The Balaban J connectivity index is 0.00000243. The van der Waals surface area contributed by atoms with E-state index >= 15 is 0 Å². The highest BCUT2D eigenvalue weighted by Gasteiger charge is 2.23. The smallest absolute Gasteiger partial charge is 0.341 e. The molecule has 3 rings (SSSR count). The van der Waals surface area contributed by atoms with E-state index in [0.29, 0.717) is 0 Å². The molecule has 2 aromatic carbocycles. The number of thioether (sulfide) groups is 1. The quantitative estimate of drug-likeness (QED) is 0.465. The summed E-state index contributed by atoms with van der Waals surface area (Å²) in [5, 5.41) is 5.87. The Labute approximate surface area is 171 Å². The monoisotopic (exact) mass is 431 g/mol. The lowest BCUT2D eigenvalue weighted by Crippen LogP contribution is -3.00. The number of nitrogens with zero attached hydrogens (tertiary/aromatic N) is 3. The largest absolute Gasteiger partial charge is 1.00 e. The first kappa shape index (κ1) is 20.7. The van der Waals surface area contributed by atoms with Gasteiger partial charge in [-0.2, -0.15) is 4.57 Å². The molecule has 0 amide bonds. The maximum Gasteiger partial charge on any atom is 0.341 e. The average Bonchev–Trinajstić information content (AvgIpc) is 2.88. The van der Waals surface area contributed by atoms with Crippen LogP contribution in [0.4, 0.5) is 0 Å². The molecular weight excluding hydrogens is 406 g/mol. The van der Waals surface area contributed by atoms with Gasteiger partial charge in [0.2, 0.25) is 6.33 Å². The van der Waals surface area contributed by atoms with Gasteiger partial charge < -0.3 is 17.0 Å². The highest BCUT2D eigenvalue weighted by atomic mass is 79.9. The van der Waals surface area contributed by atoms with Gasteiger partial charge in [-0.1, -0.05) is 51.8 Å². The van der Waals surface area contributed by atoms with E-state index in [1.54, 1.807) is 11.8 Å². The van der Waals surface area contributed by atoms with Crippen LogP contribution in [0.25, 0.3) is 11.4 Å². The molecular formula is C21H26BrN3S. The SMILES string of the molecule is CSc1nn(-c2c(C)cc(C)cc2C)c[n+]1-c1c(C)cc(C)cc1C.[Br-]. The van der Waals surface area contributed by atoms with Crippen LogP contribution in [0.1, 0.15) is 33.4 Å². The minimum Gasteiger partial charge on any atom is -1.00 e. The fraction of sp³-hybridized carbons (Fsp3) is 0.333. The molecule has 0 fully saturated rings. The summed E-state index contributed by atoms with van der Waals surface area (Å²) < 4.78 is 4.24. The lowest BCUT2D eigenvalue weighted by molar-refractivity contribution is -0.637. The summed E-state index contributed by atoms with van der Waals surface area (Å²) in [5.74, 6) is 0. The second-order valence-corrected chi connectivity index (χ2v) is 7.68. The molecule has 0 aliphatic carbocycles. The predicted octanol–water partition coefficient (Wildman–Crippen LogP) is 1.73. The molecule has 0 unspecified atom stereocenters. The number of hydrogen-bond donors (Lipinski definition) is 0. The van der Waals surface area contributed by atoms with Gasteiger partial charge in [-0.25, -0.2) is 0 Å². The molecule has 5 heteroatoms. The molecule has 0 spiro atoms. The standard InChI is InChI=1S/C21H26N3S.BrH/c1-13-8-15(3)19(16(4)9-13)23-12-24(22-21(23)25-7)20-17(5)10-14(2)11-18(20)6;/h8-12H,1-7H3;1H/q+1;/p-1. The van der Waals surface area contributed by atoms with E-state index in [4.69, 9.17) is 5.10 Å². The molecule has 1 heterocycles. The van der Waals surface area contributed by atoms with Gasteiger partial charge in [0.05, 0.1) is 5.10 Å². The van der Waals surface area contributed by atoms with Crippen LogP contribution in [-0.4, -0.2) is 16.0 Å². The van der Waals surface area contributed by atoms with E-state index in [0.717, 1.165) is 5.16 Å². The van der Waals surface area contributed by atoms with Crippen LogP contribution in [0.5, 0.6) is 0 Å². The zero-order valence-corrected chi connectivity index (χ0v) is 18.9. The number of hydrogen-bond acceptors (Lipinski definition) is 2. The van der Waals surface area contributed by atoms with E-state index in [1.807, 2.05) is 4.68 Å². The molecule has 3 nitrogen and oxygen atoms in total. The van der Waals surface area contributed by atoms with Crippen molar-refractivity contribution in [2.24, 2.45) is 0 Å². The zero-order valence-electron chi connectivity index (χ0n) is 16.5. The van der Waals surface area contributed by atoms with Crippen molar-refractivity contribution in [1.82, 2.24) is 9.78 Å². The van der Waals surface area contributed by atoms with E-state index < -0.39 is 0 Å². The molecule has 0 aliphatic heterocycles. The van der Waals surface area contributed by atoms with Crippen molar-refractivity contribution in [3.05, 3.63) is 64.0 Å². The van der Waals surface area contributed by atoms with Crippen molar-refractivity contribution in [2.45, 2.75) is 46.7 Å². The van der Waals surface area contributed by atoms with Crippen LogP contribution in [0.3, 0.4) is 0 Å². The fourth-order valence-electron chi connectivity index (χ4n) is 3.81. The van der Waals surface area contributed by atoms with Crippen molar-refractivity contribution < 1.29 is 21.5 Å². The Morgan fingerprint density at radius 3 is 1.73 bits per heavy atom. The predicted molar refractivity (Wildman–Crippen MR) is 105 cm³/mol. The van der Waals surface area contributed by atoms with E-state index in [1.165, 1.54) is 44.8 Å². The molecule has 3 aromatic rings. The Morgan fingerprint density at radius 2 is 1.27 bits per heavy atom. The van der Waals surface area contributed by atoms with Crippen LogP contribution < -0.4 is 21.5 Å². The normalized spacial score (nSPS) is 10.7. The molecule has 0 radical (unpaired) electrons. The average molecular weight is 432 g/mol. The van der Waals surface area contributed by atoms with Crippen molar-refractivity contribution in [3.63, 3.8) is 0 Å². The van der Waals surface area contributed by atoms with E-state index in [9.17, 15) is 0 Å². The maximum atomic E-state index is 4.87.